The van der Waals surface area contributed by atoms with Crippen molar-refractivity contribution in [1.29, 1.82) is 0 Å². The number of carboxylic acid groups (broad SMARTS) is 1. The molecule has 0 saturated carbocycles. The molecule has 0 fully saturated rings. The van der Waals surface area contributed by atoms with Crippen LogP contribution < -0.4 is 0 Å². The lowest BCUT2D eigenvalue weighted by atomic mass is 10.2. The fraction of sp³-hybridized carbons (Fsp3) is 0. The summed E-state index contributed by atoms with van der Waals surface area (Å²) < 4.78 is 10.2. The van der Waals surface area contributed by atoms with Crippen LogP contribution in [-0.2, 0) is 0 Å². The molecule has 0 atom stereocenters. The van der Waals surface area contributed by atoms with E-state index in [9.17, 15) is 4.79 Å². The van der Waals surface area contributed by atoms with Crippen LogP contribution in [0.15, 0.2) is 12.1 Å². The second kappa shape index (κ2) is 10.4. The van der Waals surface area contributed by atoms with Gasteiger partial charge >= 0.3 is 5.97 Å². The van der Waals surface area contributed by atoms with E-state index in [1.54, 1.807) is 6.07 Å². The third-order valence-corrected chi connectivity index (χ3v) is 23.4. The van der Waals surface area contributed by atoms with E-state index in [-0.39, 0.29) is 0 Å². The molecule has 1 aliphatic heterocycles. The van der Waals surface area contributed by atoms with Crippen LogP contribution in [-0.4, -0.2) is 21.1 Å². The Bertz CT molecular complexity index is 500. The quantitative estimate of drug-likeness (QED) is 0.304. The van der Waals surface area contributed by atoms with E-state index in [4.69, 9.17) is 5.11 Å². The maximum absolute atomic E-state index is 10.7. The maximum atomic E-state index is 10.7. The molecule has 0 saturated heterocycles. The number of carboxylic acids is 1. The van der Waals surface area contributed by atoms with Crippen molar-refractivity contribution in [2.24, 2.45) is 0 Å². The molecule has 0 radical (unpaired) electrons. The molecular formula is C10H6I6O2. The van der Waals surface area contributed by atoms with Crippen molar-refractivity contribution in [2.45, 2.75) is 0 Å². The third-order valence-electron chi connectivity index (χ3n) is 1.52. The Morgan fingerprint density at radius 2 is 1.83 bits per heavy atom. The smallest absolute Gasteiger partial charge is 0.336 e. The molecule has 0 unspecified atom stereocenters. The first-order chi connectivity index (χ1) is 8.52. The van der Waals surface area contributed by atoms with Crippen molar-refractivity contribution in [3.05, 3.63) is 28.4 Å². The van der Waals surface area contributed by atoms with Gasteiger partial charge in [-0.2, -0.15) is 0 Å². The number of carbonyl (C=O) groups is 1. The Hall–Kier alpha value is 2.68. The summed E-state index contributed by atoms with van der Waals surface area (Å²) in [4.78, 5) is 10.7. The molecule has 1 aromatic carbocycles. The Labute approximate surface area is 172 Å². The maximum Gasteiger partial charge on any atom is 0.336 e. The van der Waals surface area contributed by atoms with Gasteiger partial charge in [-0.05, 0) is 105 Å². The van der Waals surface area contributed by atoms with Gasteiger partial charge in [-0.3, -0.25) is 0 Å². The SMILES string of the molecule is C1=IC=II=C1.O=C(O)c1cc(I)cc(I)c1I. The molecule has 0 aromatic heterocycles. The molecule has 2 rings (SSSR count). The molecule has 0 amide bonds. The molecule has 1 aromatic rings. The summed E-state index contributed by atoms with van der Waals surface area (Å²) in [6.45, 7) is 0. The summed E-state index contributed by atoms with van der Waals surface area (Å²) in [5.41, 5.74) is 0.381. The highest BCUT2D eigenvalue weighted by molar-refractivity contribution is 15.1. The minimum atomic E-state index is -0.865. The lowest BCUT2D eigenvalue weighted by Gasteiger charge is -2.02. The summed E-state index contributed by atoms with van der Waals surface area (Å²) in [5, 5.41) is 8.80. The van der Waals surface area contributed by atoms with Gasteiger partial charge in [-0.25, -0.2) is 4.79 Å². The van der Waals surface area contributed by atoms with Gasteiger partial charge < -0.3 is 5.11 Å². The van der Waals surface area contributed by atoms with Gasteiger partial charge in [0.2, 0.25) is 0 Å². The summed E-state index contributed by atoms with van der Waals surface area (Å²) in [6, 6.07) is 3.63. The largest absolute Gasteiger partial charge is 0.478 e. The Morgan fingerprint density at radius 1 is 1.11 bits per heavy atom. The van der Waals surface area contributed by atoms with Crippen molar-refractivity contribution in [3.63, 3.8) is 0 Å². The molecule has 100 valence electrons. The monoisotopic (exact) mass is 919 g/mol. The van der Waals surface area contributed by atoms with Crippen LogP contribution in [0.1, 0.15) is 10.4 Å². The Balaban J connectivity index is 0.000000225. The molecule has 2 nitrogen and oxygen atoms in total. The molecule has 0 spiro atoms. The number of aromatic carboxylic acids is 1. The lowest BCUT2D eigenvalue weighted by molar-refractivity contribution is 0.0695. The standard InChI is InChI=1S/C7H3I3O2.C3H3I3/c8-3-1-4(7(11)12)6(10)5(9)2-3;1-2-5-6-3-4-1/h1-2H,(H,11,12);1-3H. The second-order valence-corrected chi connectivity index (χ2v) is 19.2. The normalized spacial score (nSPS) is 13.3. The number of hydrogen-bond donors (Lipinski definition) is 1. The number of hydrogen-bond acceptors (Lipinski definition) is 1. The van der Waals surface area contributed by atoms with Crippen LogP contribution in [0.25, 0.3) is 0 Å². The van der Waals surface area contributed by atoms with E-state index in [0.717, 1.165) is 10.7 Å². The zero-order valence-corrected chi connectivity index (χ0v) is 21.5. The summed E-state index contributed by atoms with van der Waals surface area (Å²) >= 11 is 8.05. The van der Waals surface area contributed by atoms with Gasteiger partial charge in [0.25, 0.3) is 0 Å². The van der Waals surface area contributed by atoms with Crippen LogP contribution in [0, 0.1) is 10.7 Å². The van der Waals surface area contributed by atoms with E-state index >= 15 is 0 Å². The Morgan fingerprint density at radius 3 is 2.22 bits per heavy atom. The van der Waals surface area contributed by atoms with Crippen LogP contribution >= 0.6 is 122 Å². The van der Waals surface area contributed by atoms with Crippen LogP contribution in [0.4, 0.5) is 0 Å². The van der Waals surface area contributed by atoms with Crippen molar-refractivity contribution in [3.8, 4) is 0 Å². The molecule has 18 heavy (non-hydrogen) atoms. The van der Waals surface area contributed by atoms with E-state index in [1.165, 1.54) is 0 Å². The van der Waals surface area contributed by atoms with E-state index < -0.39 is 5.97 Å². The minimum absolute atomic E-state index is 0.381. The van der Waals surface area contributed by atoms with Gasteiger partial charge in [0.05, 0.1) is 5.56 Å². The van der Waals surface area contributed by atoms with E-state index in [2.05, 4.69) is 55.2 Å². The first-order valence-corrected chi connectivity index (χ1v) is 18.8. The summed E-state index contributed by atoms with van der Waals surface area (Å²) in [7, 11) is 0. The van der Waals surface area contributed by atoms with Gasteiger partial charge in [-0.1, -0.05) is 37.5 Å². The fourth-order valence-electron chi connectivity index (χ4n) is 0.848. The van der Waals surface area contributed by atoms with Crippen molar-refractivity contribution >= 4 is 138 Å². The average Bonchev–Trinajstić information content (AvgIpc) is 2.36. The third kappa shape index (κ3) is 7.10. The second-order valence-electron chi connectivity index (χ2n) is 2.68. The van der Waals surface area contributed by atoms with Gasteiger partial charge in [0.1, 0.15) is 0 Å². The molecule has 1 heterocycles. The highest BCUT2D eigenvalue weighted by Crippen LogP contribution is 2.23. The zero-order chi connectivity index (χ0) is 13.5. The highest BCUT2D eigenvalue weighted by Gasteiger charge is 2.11. The number of benzene rings is 1. The van der Waals surface area contributed by atoms with E-state index in [0.29, 0.717) is 59.8 Å². The first-order valence-electron chi connectivity index (χ1n) is 4.25. The van der Waals surface area contributed by atoms with Crippen molar-refractivity contribution in [1.82, 2.24) is 0 Å². The topological polar surface area (TPSA) is 37.3 Å². The molecule has 1 N–H and O–H groups in total. The van der Waals surface area contributed by atoms with Crippen molar-refractivity contribution < 1.29 is 9.90 Å². The first kappa shape index (κ1) is 18.7. The predicted octanol–water partition coefficient (Wildman–Crippen LogP) is 5.39. The fourth-order valence-corrected chi connectivity index (χ4v) is 23.1. The van der Waals surface area contributed by atoms with Crippen LogP contribution in [0.2, 0.25) is 0 Å². The minimum Gasteiger partial charge on any atom is -0.478 e. The van der Waals surface area contributed by atoms with Gasteiger partial charge in [0, 0.05) is 12.7 Å². The average molecular weight is 920 g/mol. The van der Waals surface area contributed by atoms with E-state index in [1.807, 2.05) is 28.7 Å². The predicted molar refractivity (Wildman–Crippen MR) is 132 cm³/mol. The number of halogens is 6. The zero-order valence-electron chi connectivity index (χ0n) is 8.51. The molecular weight excluding hydrogens is 914 g/mol. The highest BCUT2D eigenvalue weighted by atomic mass is 128. The molecule has 0 bridgehead atoms. The molecule has 1 aliphatic rings. The van der Waals surface area contributed by atoms with Gasteiger partial charge in [0.15, 0.2) is 0 Å². The lowest BCUT2D eigenvalue weighted by Crippen LogP contribution is -2.01. The van der Waals surface area contributed by atoms with Crippen LogP contribution in [0.3, 0.4) is 0 Å². The summed E-state index contributed by atoms with van der Waals surface area (Å²) in [6.07, 6.45) is 0. The molecule has 8 heteroatoms. The molecule has 0 aliphatic carbocycles. The Kier molecular flexibility index (Phi) is 10.8. The van der Waals surface area contributed by atoms with Crippen molar-refractivity contribution in [2.75, 3.05) is 0 Å². The van der Waals surface area contributed by atoms with Crippen LogP contribution in [0.5, 0.6) is 0 Å². The van der Waals surface area contributed by atoms with Gasteiger partial charge in [-0.15, -0.1) is 0 Å². The number of rotatable bonds is 1. The summed E-state index contributed by atoms with van der Waals surface area (Å²) in [5.74, 6) is -0.865.